The summed E-state index contributed by atoms with van der Waals surface area (Å²) in [7, 11) is 0. The van der Waals surface area contributed by atoms with Gasteiger partial charge >= 0.3 is 0 Å². The molecule has 1 saturated heterocycles. The molecule has 19 heavy (non-hydrogen) atoms. The van der Waals surface area contributed by atoms with Crippen molar-refractivity contribution in [1.29, 1.82) is 0 Å². The molecule has 2 rings (SSSR count). The molecule has 106 valence electrons. The zero-order valence-electron chi connectivity index (χ0n) is 11.3. The van der Waals surface area contributed by atoms with Crippen molar-refractivity contribution in [2.45, 2.75) is 44.4 Å². The molecule has 0 bridgehead atoms. The molecule has 0 spiro atoms. The number of nitrogens with two attached hydrogens (primary N) is 1. The van der Waals surface area contributed by atoms with Gasteiger partial charge in [0.25, 0.3) is 0 Å². The quantitative estimate of drug-likeness (QED) is 0.901. The van der Waals surface area contributed by atoms with Gasteiger partial charge in [0.15, 0.2) is 0 Å². The van der Waals surface area contributed by atoms with Crippen molar-refractivity contribution in [3.63, 3.8) is 0 Å². The molecular weight excluding hydrogens is 306 g/mol. The zero-order valence-corrected chi connectivity index (χ0v) is 12.9. The lowest BCUT2D eigenvalue weighted by Gasteiger charge is -2.31. The third kappa shape index (κ3) is 4.28. The minimum absolute atomic E-state index is 0.0267. The van der Waals surface area contributed by atoms with Crippen molar-refractivity contribution in [1.82, 2.24) is 0 Å². The predicted molar refractivity (Wildman–Crippen MR) is 80.1 cm³/mol. The highest BCUT2D eigenvalue weighted by atomic mass is 79.9. The second-order valence-corrected chi connectivity index (χ2v) is 5.91. The molecule has 0 saturated carbocycles. The van der Waals surface area contributed by atoms with Crippen LogP contribution in [-0.2, 0) is 9.47 Å². The summed E-state index contributed by atoms with van der Waals surface area (Å²) in [4.78, 5) is 0. The van der Waals surface area contributed by atoms with Gasteiger partial charge in [0, 0.05) is 23.7 Å². The van der Waals surface area contributed by atoms with Crippen LogP contribution in [0.5, 0.6) is 0 Å². The van der Waals surface area contributed by atoms with E-state index < -0.39 is 0 Å². The second-order valence-electron chi connectivity index (χ2n) is 4.99. The highest BCUT2D eigenvalue weighted by molar-refractivity contribution is 9.10. The molecule has 3 nitrogen and oxygen atoms in total. The zero-order chi connectivity index (χ0) is 13.7. The van der Waals surface area contributed by atoms with Crippen LogP contribution in [0.1, 0.15) is 37.9 Å². The van der Waals surface area contributed by atoms with Crippen molar-refractivity contribution in [2.75, 3.05) is 13.2 Å². The van der Waals surface area contributed by atoms with E-state index in [-0.39, 0.29) is 18.2 Å². The summed E-state index contributed by atoms with van der Waals surface area (Å²) < 4.78 is 12.7. The largest absolute Gasteiger partial charge is 0.381 e. The first-order valence-corrected chi connectivity index (χ1v) is 7.74. The molecule has 0 aromatic heterocycles. The van der Waals surface area contributed by atoms with Crippen molar-refractivity contribution in [3.8, 4) is 0 Å². The van der Waals surface area contributed by atoms with Gasteiger partial charge in [-0.15, -0.1) is 0 Å². The molecule has 1 aromatic carbocycles. The molecule has 1 aromatic rings. The molecule has 1 fully saturated rings. The average Bonchev–Trinajstić information content (AvgIpc) is 2.46. The molecule has 4 heteroatoms. The minimum Gasteiger partial charge on any atom is -0.381 e. The van der Waals surface area contributed by atoms with E-state index in [2.05, 4.69) is 35.0 Å². The Balaban J connectivity index is 2.08. The third-order valence-electron chi connectivity index (χ3n) is 3.57. The summed E-state index contributed by atoms with van der Waals surface area (Å²) in [6, 6.07) is 8.28. The van der Waals surface area contributed by atoms with Crippen molar-refractivity contribution in [2.24, 2.45) is 5.73 Å². The van der Waals surface area contributed by atoms with E-state index in [9.17, 15) is 0 Å². The fourth-order valence-electron chi connectivity index (χ4n) is 2.31. The standard InChI is InChI=1S/C15H22BrNO2/c1-2-14(17)15(11-3-5-12(16)6-4-11)19-13-7-9-18-10-8-13/h3-6,13-15H,2,7-10,17H2,1H3. The lowest BCUT2D eigenvalue weighted by atomic mass is 10.00. The highest BCUT2D eigenvalue weighted by Crippen LogP contribution is 2.27. The Bertz CT molecular complexity index is 376. The van der Waals surface area contributed by atoms with Crippen molar-refractivity contribution >= 4 is 15.9 Å². The summed E-state index contributed by atoms with van der Waals surface area (Å²) >= 11 is 3.46. The van der Waals surface area contributed by atoms with Crippen LogP contribution in [0.2, 0.25) is 0 Å². The van der Waals surface area contributed by atoms with E-state index >= 15 is 0 Å². The molecular formula is C15H22BrNO2. The highest BCUT2D eigenvalue weighted by Gasteiger charge is 2.24. The van der Waals surface area contributed by atoms with Crippen LogP contribution in [0.15, 0.2) is 28.7 Å². The summed E-state index contributed by atoms with van der Waals surface area (Å²) in [6.07, 6.45) is 3.07. The molecule has 1 aliphatic heterocycles. The minimum atomic E-state index is -0.0267. The predicted octanol–water partition coefficient (Wildman–Crippen LogP) is 3.42. The Labute approximate surface area is 123 Å². The first-order valence-electron chi connectivity index (χ1n) is 6.95. The number of halogens is 1. The van der Waals surface area contributed by atoms with Crippen LogP contribution in [0.4, 0.5) is 0 Å². The Morgan fingerprint density at radius 2 is 1.95 bits per heavy atom. The summed E-state index contributed by atoms with van der Waals surface area (Å²) in [6.45, 7) is 3.68. The van der Waals surface area contributed by atoms with E-state index in [4.69, 9.17) is 15.2 Å². The van der Waals surface area contributed by atoms with Gasteiger partial charge in [-0.2, -0.15) is 0 Å². The molecule has 0 aliphatic carbocycles. The molecule has 0 radical (unpaired) electrons. The molecule has 1 aliphatic rings. The van der Waals surface area contributed by atoms with Gasteiger partial charge in [0.05, 0.1) is 12.2 Å². The van der Waals surface area contributed by atoms with Gasteiger partial charge in [0.2, 0.25) is 0 Å². The summed E-state index contributed by atoms with van der Waals surface area (Å²) in [5.41, 5.74) is 7.39. The molecule has 1 heterocycles. The second kappa shape index (κ2) is 7.39. The van der Waals surface area contributed by atoms with Crippen molar-refractivity contribution in [3.05, 3.63) is 34.3 Å². The van der Waals surface area contributed by atoms with Gasteiger partial charge in [0.1, 0.15) is 0 Å². The lowest BCUT2D eigenvalue weighted by Crippen LogP contribution is -2.34. The van der Waals surface area contributed by atoms with E-state index in [0.29, 0.717) is 0 Å². The van der Waals surface area contributed by atoms with Gasteiger partial charge in [-0.1, -0.05) is 35.0 Å². The van der Waals surface area contributed by atoms with Gasteiger partial charge in [-0.25, -0.2) is 0 Å². The first kappa shape index (κ1) is 15.0. The Kier molecular flexibility index (Phi) is 5.82. The van der Waals surface area contributed by atoms with E-state index in [1.807, 2.05) is 12.1 Å². The maximum absolute atomic E-state index is 6.25. The number of rotatable bonds is 5. The smallest absolute Gasteiger partial charge is 0.0979 e. The van der Waals surface area contributed by atoms with Crippen LogP contribution >= 0.6 is 15.9 Å². The topological polar surface area (TPSA) is 44.5 Å². The van der Waals surface area contributed by atoms with Crippen LogP contribution in [0.25, 0.3) is 0 Å². The number of ether oxygens (including phenoxy) is 2. The van der Waals surface area contributed by atoms with Crippen LogP contribution in [0.3, 0.4) is 0 Å². The lowest BCUT2D eigenvalue weighted by molar-refractivity contribution is -0.0778. The van der Waals surface area contributed by atoms with Crippen LogP contribution in [-0.4, -0.2) is 25.4 Å². The average molecular weight is 328 g/mol. The summed E-state index contributed by atoms with van der Waals surface area (Å²) in [5, 5.41) is 0. The fourth-order valence-corrected chi connectivity index (χ4v) is 2.58. The van der Waals surface area contributed by atoms with E-state index in [0.717, 1.165) is 42.5 Å². The molecule has 2 N–H and O–H groups in total. The monoisotopic (exact) mass is 327 g/mol. The van der Waals surface area contributed by atoms with Crippen molar-refractivity contribution < 1.29 is 9.47 Å². The van der Waals surface area contributed by atoms with Gasteiger partial charge in [-0.3, -0.25) is 0 Å². The maximum Gasteiger partial charge on any atom is 0.0979 e. The maximum atomic E-state index is 6.25. The van der Waals surface area contributed by atoms with Gasteiger partial charge in [-0.05, 0) is 37.0 Å². The van der Waals surface area contributed by atoms with Crippen LogP contribution in [0, 0.1) is 0 Å². The SMILES string of the molecule is CCC(N)C(OC1CCOCC1)c1ccc(Br)cc1. The number of hydrogen-bond acceptors (Lipinski definition) is 3. The Morgan fingerprint density at radius 3 is 2.53 bits per heavy atom. The molecule has 2 atom stereocenters. The van der Waals surface area contributed by atoms with Gasteiger partial charge < -0.3 is 15.2 Å². The van der Waals surface area contributed by atoms with E-state index in [1.165, 1.54) is 0 Å². The third-order valence-corrected chi connectivity index (χ3v) is 4.09. The summed E-state index contributed by atoms with van der Waals surface area (Å²) in [5.74, 6) is 0. The Hall–Kier alpha value is -0.420. The number of hydrogen-bond donors (Lipinski definition) is 1. The van der Waals surface area contributed by atoms with Crippen LogP contribution < -0.4 is 5.73 Å². The number of benzene rings is 1. The van der Waals surface area contributed by atoms with E-state index in [1.54, 1.807) is 0 Å². The molecule has 2 unspecified atom stereocenters. The fraction of sp³-hybridized carbons (Fsp3) is 0.600. The molecule has 0 amide bonds. The first-order chi connectivity index (χ1) is 9.20. The normalized spacial score (nSPS) is 20.2. The Morgan fingerprint density at radius 1 is 1.32 bits per heavy atom.